The minimum Gasteiger partial charge on any atom is -0.441 e. The molecule has 1 N–H and O–H groups in total. The Kier molecular flexibility index (Phi) is 4.38. The van der Waals surface area contributed by atoms with Gasteiger partial charge in [-0.15, -0.1) is 0 Å². The summed E-state index contributed by atoms with van der Waals surface area (Å²) in [6, 6.07) is 17.4. The van der Waals surface area contributed by atoms with Gasteiger partial charge in [-0.1, -0.05) is 42.5 Å². The third kappa shape index (κ3) is 3.69. The lowest BCUT2D eigenvalue weighted by molar-refractivity contribution is -0.129. The van der Waals surface area contributed by atoms with Crippen molar-refractivity contribution in [3.8, 4) is 11.1 Å². The number of hydrogen-bond acceptors (Lipinski definition) is 3. The Bertz CT molecular complexity index is 618. The van der Waals surface area contributed by atoms with Crippen LogP contribution in [0.1, 0.15) is 13.8 Å². The lowest BCUT2D eigenvalue weighted by Crippen LogP contribution is -2.39. The van der Waals surface area contributed by atoms with E-state index < -0.39 is 11.5 Å². The Morgan fingerprint density at radius 3 is 2.14 bits per heavy atom. The van der Waals surface area contributed by atoms with Gasteiger partial charge in [0, 0.05) is 5.69 Å². The van der Waals surface area contributed by atoms with E-state index in [1.807, 2.05) is 42.5 Å². The van der Waals surface area contributed by atoms with Crippen molar-refractivity contribution in [3.63, 3.8) is 0 Å². The summed E-state index contributed by atoms with van der Waals surface area (Å²) in [5.41, 5.74) is 1.56. The summed E-state index contributed by atoms with van der Waals surface area (Å²) in [7, 11) is 0. The van der Waals surface area contributed by atoms with Gasteiger partial charge in [0.1, 0.15) is 0 Å². The van der Waals surface area contributed by atoms with Gasteiger partial charge >= 0.3 is 6.47 Å². The average molecular weight is 282 g/mol. The molecule has 107 valence electrons. The normalized spacial score (nSPS) is 10.8. The molecule has 2 rings (SSSR count). The molecule has 1 radical (unpaired) electrons. The van der Waals surface area contributed by atoms with Gasteiger partial charge in [0.2, 0.25) is 0 Å². The first kappa shape index (κ1) is 14.8. The fourth-order valence-electron chi connectivity index (χ4n) is 1.81. The number of hydrogen-bond donors (Lipinski definition) is 1. The molecule has 21 heavy (non-hydrogen) atoms. The summed E-state index contributed by atoms with van der Waals surface area (Å²) in [5.74, 6) is -0.404. The van der Waals surface area contributed by atoms with Crippen LogP contribution in [0.25, 0.3) is 11.1 Å². The summed E-state index contributed by atoms with van der Waals surface area (Å²) >= 11 is 0. The van der Waals surface area contributed by atoms with Gasteiger partial charge < -0.3 is 10.1 Å². The summed E-state index contributed by atoms with van der Waals surface area (Å²) in [6.45, 7) is 4.31. The molecule has 0 saturated heterocycles. The third-order valence-corrected chi connectivity index (χ3v) is 3.09. The van der Waals surface area contributed by atoms with E-state index in [0.29, 0.717) is 5.69 Å². The number of rotatable bonds is 5. The van der Waals surface area contributed by atoms with E-state index in [1.54, 1.807) is 12.1 Å². The highest BCUT2D eigenvalue weighted by Crippen LogP contribution is 2.21. The van der Waals surface area contributed by atoms with Gasteiger partial charge in [-0.05, 0) is 37.1 Å². The first-order valence-electron chi connectivity index (χ1n) is 6.55. The van der Waals surface area contributed by atoms with Crippen molar-refractivity contribution < 1.29 is 14.3 Å². The maximum atomic E-state index is 12.0. The van der Waals surface area contributed by atoms with Crippen molar-refractivity contribution in [2.75, 3.05) is 5.32 Å². The largest absolute Gasteiger partial charge is 0.441 e. The highest BCUT2D eigenvalue weighted by molar-refractivity contribution is 5.97. The van der Waals surface area contributed by atoms with E-state index in [9.17, 15) is 9.59 Å². The Labute approximate surface area is 123 Å². The second kappa shape index (κ2) is 6.22. The van der Waals surface area contributed by atoms with E-state index in [-0.39, 0.29) is 0 Å². The molecule has 0 bridgehead atoms. The molecule has 0 atom stereocenters. The average Bonchev–Trinajstić information content (AvgIpc) is 2.49. The Balaban J connectivity index is 2.10. The lowest BCUT2D eigenvalue weighted by Gasteiger charge is -2.20. The van der Waals surface area contributed by atoms with Gasteiger partial charge in [-0.3, -0.25) is 4.79 Å². The van der Waals surface area contributed by atoms with E-state index in [2.05, 4.69) is 10.1 Å². The monoisotopic (exact) mass is 282 g/mol. The van der Waals surface area contributed by atoms with Gasteiger partial charge in [0.15, 0.2) is 5.60 Å². The first-order valence-corrected chi connectivity index (χ1v) is 6.55. The van der Waals surface area contributed by atoms with Crippen LogP contribution in [0.15, 0.2) is 54.6 Å². The molecule has 0 aliphatic carbocycles. The van der Waals surface area contributed by atoms with Crippen LogP contribution in [0.3, 0.4) is 0 Å². The number of ether oxygens (including phenoxy) is 1. The molecule has 2 aromatic rings. The molecule has 0 heterocycles. The molecule has 0 saturated carbocycles. The molecule has 2 aromatic carbocycles. The summed E-state index contributed by atoms with van der Waals surface area (Å²) in [6.07, 6.45) is 0. The highest BCUT2D eigenvalue weighted by Gasteiger charge is 2.29. The van der Waals surface area contributed by atoms with Crippen molar-refractivity contribution in [3.05, 3.63) is 54.6 Å². The topological polar surface area (TPSA) is 55.4 Å². The van der Waals surface area contributed by atoms with Gasteiger partial charge in [0.25, 0.3) is 5.91 Å². The zero-order chi connectivity index (χ0) is 15.3. The van der Waals surface area contributed by atoms with Crippen LogP contribution in [0.4, 0.5) is 5.69 Å². The van der Waals surface area contributed by atoms with Crippen molar-refractivity contribution in [2.45, 2.75) is 19.4 Å². The summed E-state index contributed by atoms with van der Waals surface area (Å²) in [5, 5.41) is 2.70. The molecule has 0 aliphatic rings. The standard InChI is InChI=1S/C17H16NO3/c1-17(2,21-12-19)16(20)18-15-10-8-14(9-11-15)13-6-4-3-5-7-13/h3-11H,1-2H3,(H,18,20). The number of anilines is 1. The Morgan fingerprint density at radius 1 is 1.00 bits per heavy atom. The Hall–Kier alpha value is -2.62. The third-order valence-electron chi connectivity index (χ3n) is 3.09. The molecule has 4 nitrogen and oxygen atoms in total. The molecular weight excluding hydrogens is 266 g/mol. The molecular formula is C17H16NO3. The predicted octanol–water partition coefficient (Wildman–Crippen LogP) is 3.15. The minimum atomic E-state index is -1.25. The number of benzene rings is 2. The van der Waals surface area contributed by atoms with Gasteiger partial charge in [-0.2, -0.15) is 0 Å². The minimum absolute atomic E-state index is 0.404. The zero-order valence-electron chi connectivity index (χ0n) is 11.9. The molecule has 0 spiro atoms. The van der Waals surface area contributed by atoms with Gasteiger partial charge in [0.05, 0.1) is 0 Å². The summed E-state index contributed by atoms with van der Waals surface area (Å²) < 4.78 is 4.64. The molecule has 0 fully saturated rings. The second-order valence-electron chi connectivity index (χ2n) is 5.09. The zero-order valence-corrected chi connectivity index (χ0v) is 11.9. The quantitative estimate of drug-likeness (QED) is 0.916. The van der Waals surface area contributed by atoms with Crippen LogP contribution in [0.5, 0.6) is 0 Å². The lowest BCUT2D eigenvalue weighted by atomic mass is 10.1. The first-order chi connectivity index (χ1) is 10.0. The fourth-order valence-corrected chi connectivity index (χ4v) is 1.81. The highest BCUT2D eigenvalue weighted by atomic mass is 16.5. The second-order valence-corrected chi connectivity index (χ2v) is 5.09. The van der Waals surface area contributed by atoms with E-state index in [0.717, 1.165) is 11.1 Å². The maximum absolute atomic E-state index is 12.0. The predicted molar refractivity (Wildman–Crippen MR) is 81.4 cm³/mol. The van der Waals surface area contributed by atoms with Gasteiger partial charge in [-0.25, -0.2) is 4.79 Å². The van der Waals surface area contributed by atoms with Crippen molar-refractivity contribution in [2.24, 2.45) is 0 Å². The van der Waals surface area contributed by atoms with Crippen LogP contribution in [0.2, 0.25) is 0 Å². The smallest absolute Gasteiger partial charge is 0.418 e. The fraction of sp³-hybridized carbons (Fsp3) is 0.176. The van der Waals surface area contributed by atoms with Crippen LogP contribution in [-0.4, -0.2) is 18.0 Å². The van der Waals surface area contributed by atoms with E-state index in [4.69, 9.17) is 0 Å². The van der Waals surface area contributed by atoms with E-state index in [1.165, 1.54) is 20.3 Å². The van der Waals surface area contributed by atoms with E-state index >= 15 is 0 Å². The Morgan fingerprint density at radius 2 is 1.57 bits per heavy atom. The maximum Gasteiger partial charge on any atom is 0.418 e. The number of nitrogens with one attached hydrogen (secondary N) is 1. The van der Waals surface area contributed by atoms with Crippen molar-refractivity contribution in [1.29, 1.82) is 0 Å². The van der Waals surface area contributed by atoms with Crippen LogP contribution in [-0.2, 0) is 14.3 Å². The molecule has 0 aromatic heterocycles. The van der Waals surface area contributed by atoms with Crippen molar-refractivity contribution >= 4 is 18.1 Å². The molecule has 0 unspecified atom stereocenters. The van der Waals surface area contributed by atoms with Crippen molar-refractivity contribution in [1.82, 2.24) is 0 Å². The number of carbonyl (C=O) groups is 1. The number of amides is 1. The molecule has 0 aliphatic heterocycles. The van der Waals surface area contributed by atoms with Crippen LogP contribution >= 0.6 is 0 Å². The number of carbonyl (C=O) groups excluding carboxylic acids is 2. The van der Waals surface area contributed by atoms with Crippen LogP contribution < -0.4 is 5.32 Å². The summed E-state index contributed by atoms with van der Waals surface area (Å²) in [4.78, 5) is 22.2. The van der Waals surface area contributed by atoms with Crippen LogP contribution in [0, 0.1) is 0 Å². The molecule has 1 amide bonds. The molecule has 4 heteroatoms. The SMILES string of the molecule is CC(C)(O[C]=O)C(=O)Nc1ccc(-c2ccccc2)cc1.